The molecule has 16 nitrogen and oxygen atoms in total. The molecule has 4 fully saturated rings. The number of para-hydroxylation sites is 1. The van der Waals surface area contributed by atoms with Gasteiger partial charge in [-0.2, -0.15) is 5.10 Å². The van der Waals surface area contributed by atoms with Crippen LogP contribution in [-0.4, -0.2) is 137 Å². The number of nitrogens with zero attached hydrogens (tertiary/aromatic N) is 5. The topological polar surface area (TPSA) is 174 Å². The molecule has 1 unspecified atom stereocenters. The average molecular weight is 724 g/mol. The van der Waals surface area contributed by atoms with Gasteiger partial charge in [0, 0.05) is 51.3 Å². The summed E-state index contributed by atoms with van der Waals surface area (Å²) < 4.78 is 24.3. The van der Waals surface area contributed by atoms with Crippen molar-refractivity contribution in [3.8, 4) is 11.6 Å². The van der Waals surface area contributed by atoms with Gasteiger partial charge in [-0.3, -0.25) is 19.2 Å². The van der Waals surface area contributed by atoms with Gasteiger partial charge in [0.2, 0.25) is 17.7 Å². The molecule has 1 saturated carbocycles. The second kappa shape index (κ2) is 16.3. The largest absolute Gasteiger partial charge is 0.467 e. The zero-order valence-electron chi connectivity index (χ0n) is 30.1. The number of benzene rings is 1. The number of piperazine rings is 1. The molecule has 3 saturated heterocycles. The second-order valence-corrected chi connectivity index (χ2v) is 14.0. The molecule has 4 aliphatic rings. The number of ether oxygens (including phenoxy) is 4. The van der Waals surface area contributed by atoms with E-state index in [1.54, 1.807) is 47.6 Å². The second-order valence-electron chi connectivity index (χ2n) is 14.0. The van der Waals surface area contributed by atoms with Gasteiger partial charge in [0.25, 0.3) is 11.8 Å². The van der Waals surface area contributed by atoms with Crippen molar-refractivity contribution < 1.29 is 42.9 Å². The molecule has 6 rings (SSSR count). The molecule has 0 radical (unpaired) electrons. The lowest BCUT2D eigenvalue weighted by Crippen LogP contribution is -2.56. The van der Waals surface area contributed by atoms with E-state index in [0.29, 0.717) is 31.7 Å². The van der Waals surface area contributed by atoms with Crippen molar-refractivity contribution >= 4 is 29.7 Å². The van der Waals surface area contributed by atoms with E-state index < -0.39 is 36.0 Å². The Morgan fingerprint density at radius 1 is 0.981 bits per heavy atom. The number of carbonyl (C=O) groups excluding carboxylic acids is 5. The molecule has 0 bridgehead atoms. The monoisotopic (exact) mass is 723 g/mol. The predicted octanol–water partition coefficient (Wildman–Crippen LogP) is 1.85. The molecule has 1 aromatic heterocycles. The SMILES string of the molecule is CCOC(=O)N1CCN(C(=O)C(C[C@H]2COC(C)(C)O2)NC(=O)c2cc(OCC(=O)N3CCC[C@H]3C(=O)NC3CCC3)n(-c3ccccc3)n2)CC1. The Kier molecular flexibility index (Phi) is 11.6. The molecule has 2 aromatic rings. The Labute approximate surface area is 303 Å². The summed E-state index contributed by atoms with van der Waals surface area (Å²) in [6.45, 7) is 7.04. The van der Waals surface area contributed by atoms with E-state index in [0.717, 1.165) is 25.7 Å². The Morgan fingerprint density at radius 3 is 2.37 bits per heavy atom. The molecule has 3 aliphatic heterocycles. The van der Waals surface area contributed by atoms with Gasteiger partial charge >= 0.3 is 6.09 Å². The van der Waals surface area contributed by atoms with Crippen LogP contribution in [0.3, 0.4) is 0 Å². The van der Waals surface area contributed by atoms with Crippen molar-refractivity contribution in [3.63, 3.8) is 0 Å². The summed E-state index contributed by atoms with van der Waals surface area (Å²) in [7, 11) is 0. The number of rotatable bonds is 12. The zero-order chi connectivity index (χ0) is 36.8. The Balaban J connectivity index is 1.16. The number of hydrogen-bond acceptors (Lipinski definition) is 10. The van der Waals surface area contributed by atoms with E-state index in [1.807, 2.05) is 18.2 Å². The predicted molar refractivity (Wildman–Crippen MR) is 186 cm³/mol. The van der Waals surface area contributed by atoms with Gasteiger partial charge in [0.15, 0.2) is 18.1 Å². The maximum absolute atomic E-state index is 13.9. The molecule has 1 aromatic carbocycles. The maximum atomic E-state index is 13.9. The molecular weight excluding hydrogens is 674 g/mol. The highest BCUT2D eigenvalue weighted by Crippen LogP contribution is 2.27. The van der Waals surface area contributed by atoms with Crippen molar-refractivity contribution in [2.45, 2.75) is 89.3 Å². The number of amides is 5. The summed E-state index contributed by atoms with van der Waals surface area (Å²) in [6.07, 6.45) is 3.58. The Bertz CT molecular complexity index is 1600. The summed E-state index contributed by atoms with van der Waals surface area (Å²) in [5.74, 6) is -2.11. The van der Waals surface area contributed by atoms with Crippen LogP contribution < -0.4 is 15.4 Å². The normalized spacial score (nSPS) is 22.0. The Morgan fingerprint density at radius 2 is 1.71 bits per heavy atom. The maximum Gasteiger partial charge on any atom is 0.409 e. The van der Waals surface area contributed by atoms with Crippen LogP contribution in [-0.2, 0) is 28.6 Å². The highest BCUT2D eigenvalue weighted by molar-refractivity contribution is 5.96. The van der Waals surface area contributed by atoms with Crippen molar-refractivity contribution in [1.29, 1.82) is 0 Å². The van der Waals surface area contributed by atoms with Gasteiger partial charge in [0.05, 0.1) is 25.0 Å². The van der Waals surface area contributed by atoms with Crippen LogP contribution in [0.4, 0.5) is 4.79 Å². The number of nitrogens with one attached hydrogen (secondary N) is 2. The summed E-state index contributed by atoms with van der Waals surface area (Å²) in [4.78, 5) is 71.1. The van der Waals surface area contributed by atoms with Crippen molar-refractivity contribution in [3.05, 3.63) is 42.1 Å². The van der Waals surface area contributed by atoms with Crippen molar-refractivity contribution in [1.82, 2.24) is 35.1 Å². The Hall–Kier alpha value is -4.70. The number of likely N-dealkylation sites (tertiary alicyclic amines) is 1. The highest BCUT2D eigenvalue weighted by atomic mass is 16.7. The smallest absolute Gasteiger partial charge is 0.409 e. The van der Waals surface area contributed by atoms with E-state index >= 15 is 0 Å². The molecule has 4 heterocycles. The van der Waals surface area contributed by atoms with Gasteiger partial charge < -0.3 is 44.3 Å². The van der Waals surface area contributed by atoms with Gasteiger partial charge in [-0.1, -0.05) is 18.2 Å². The summed E-state index contributed by atoms with van der Waals surface area (Å²) in [5, 5.41) is 10.4. The van der Waals surface area contributed by atoms with Crippen LogP contribution in [0.5, 0.6) is 5.88 Å². The molecule has 282 valence electrons. The van der Waals surface area contributed by atoms with E-state index in [1.165, 1.54) is 10.7 Å². The van der Waals surface area contributed by atoms with Crippen LogP contribution in [0, 0.1) is 0 Å². The standard InChI is InChI=1S/C36H49N7O9/c1-4-49-35(48)41-18-16-40(17-19-41)34(47)28(20-26-22-51-36(2,3)52-26)38-32(45)27-21-31(43(39-27)25-12-6-5-7-13-25)50-23-30(44)42-15-9-14-29(42)33(46)37-24-10-8-11-24/h5-7,12-13,21,24,26,28-29H,4,8-11,14-20,22-23H2,1-3H3,(H,37,46)(H,38,45)/t26-,28?,29-/m0/s1. The highest BCUT2D eigenvalue weighted by Gasteiger charge is 2.39. The first kappa shape index (κ1) is 37.1. The van der Waals surface area contributed by atoms with Gasteiger partial charge in [-0.05, 0) is 65.0 Å². The minimum absolute atomic E-state index is 0.0286. The first-order valence-electron chi connectivity index (χ1n) is 18.2. The van der Waals surface area contributed by atoms with E-state index in [4.69, 9.17) is 18.9 Å². The fourth-order valence-electron chi connectivity index (χ4n) is 6.88. The molecule has 5 amide bonds. The molecule has 52 heavy (non-hydrogen) atoms. The van der Waals surface area contributed by atoms with Crippen LogP contribution in [0.25, 0.3) is 5.69 Å². The summed E-state index contributed by atoms with van der Waals surface area (Å²) in [6, 6.07) is 9.09. The zero-order valence-corrected chi connectivity index (χ0v) is 30.1. The van der Waals surface area contributed by atoms with E-state index in [-0.39, 0.29) is 74.7 Å². The number of carbonyl (C=O) groups is 5. The van der Waals surface area contributed by atoms with Gasteiger partial charge in [0.1, 0.15) is 12.1 Å². The van der Waals surface area contributed by atoms with Crippen molar-refractivity contribution in [2.75, 3.05) is 52.5 Å². The summed E-state index contributed by atoms with van der Waals surface area (Å²) >= 11 is 0. The fourth-order valence-corrected chi connectivity index (χ4v) is 6.88. The van der Waals surface area contributed by atoms with Crippen LogP contribution >= 0.6 is 0 Å². The molecule has 1 aliphatic carbocycles. The van der Waals surface area contributed by atoms with E-state index in [2.05, 4.69) is 15.7 Å². The minimum Gasteiger partial charge on any atom is -0.467 e. The lowest BCUT2D eigenvalue weighted by molar-refractivity contribution is -0.144. The lowest BCUT2D eigenvalue weighted by atomic mass is 9.93. The lowest BCUT2D eigenvalue weighted by Gasteiger charge is -2.36. The molecule has 16 heteroatoms. The quantitative estimate of drug-likeness (QED) is 0.329. The third kappa shape index (κ3) is 8.84. The van der Waals surface area contributed by atoms with Gasteiger partial charge in [-0.25, -0.2) is 9.48 Å². The van der Waals surface area contributed by atoms with Crippen molar-refractivity contribution in [2.24, 2.45) is 0 Å². The summed E-state index contributed by atoms with van der Waals surface area (Å²) in [5.41, 5.74) is 0.563. The first-order chi connectivity index (χ1) is 25.0. The first-order valence-corrected chi connectivity index (χ1v) is 18.2. The minimum atomic E-state index is -0.991. The average Bonchev–Trinajstić information content (AvgIpc) is 3.87. The van der Waals surface area contributed by atoms with E-state index in [9.17, 15) is 24.0 Å². The number of aromatic nitrogens is 2. The molecule has 0 spiro atoms. The molecule has 2 N–H and O–H groups in total. The van der Waals surface area contributed by atoms with Crippen LogP contribution in [0.2, 0.25) is 0 Å². The molecular formula is C36H49N7O9. The third-order valence-electron chi connectivity index (χ3n) is 9.87. The fraction of sp³-hybridized carbons (Fsp3) is 0.611. The van der Waals surface area contributed by atoms with Crippen LogP contribution in [0.15, 0.2) is 36.4 Å². The number of hydrogen-bond donors (Lipinski definition) is 2. The van der Waals surface area contributed by atoms with Crippen LogP contribution in [0.1, 0.15) is 69.8 Å². The molecule has 3 atom stereocenters. The van der Waals surface area contributed by atoms with Gasteiger partial charge in [-0.15, -0.1) is 0 Å². The third-order valence-corrected chi connectivity index (χ3v) is 9.87.